The molecule has 0 aliphatic carbocycles. The van der Waals surface area contributed by atoms with E-state index in [9.17, 15) is 13.2 Å². The van der Waals surface area contributed by atoms with Crippen molar-refractivity contribution in [3.63, 3.8) is 0 Å². The molecule has 0 fully saturated rings. The third kappa shape index (κ3) is 2.81. The Morgan fingerprint density at radius 1 is 1.62 bits per heavy atom. The lowest BCUT2D eigenvalue weighted by molar-refractivity contribution is -0.139. The van der Waals surface area contributed by atoms with Crippen molar-refractivity contribution in [1.29, 1.82) is 0 Å². The number of sulfonamides is 1. The molecular formula is C9H13NO4S2. The van der Waals surface area contributed by atoms with Gasteiger partial charge in [-0.05, 0) is 30.4 Å². The summed E-state index contributed by atoms with van der Waals surface area (Å²) in [7, 11) is -3.72. The second-order valence-corrected chi connectivity index (χ2v) is 6.14. The summed E-state index contributed by atoms with van der Waals surface area (Å²) in [6.07, 6.45) is 0.207. The van der Waals surface area contributed by atoms with Crippen molar-refractivity contribution >= 4 is 27.3 Å². The molecule has 0 bridgehead atoms. The topological polar surface area (TPSA) is 83.5 Å². The molecule has 7 heteroatoms. The minimum atomic E-state index is -3.72. The van der Waals surface area contributed by atoms with Crippen molar-refractivity contribution in [3.8, 4) is 0 Å². The number of hydrogen-bond acceptors (Lipinski definition) is 4. The summed E-state index contributed by atoms with van der Waals surface area (Å²) >= 11 is 1.08. The molecule has 0 radical (unpaired) electrons. The van der Waals surface area contributed by atoms with Crippen LogP contribution in [0.25, 0.3) is 0 Å². The minimum absolute atomic E-state index is 0.173. The van der Waals surface area contributed by atoms with Gasteiger partial charge in [0, 0.05) is 0 Å². The molecule has 1 heterocycles. The fourth-order valence-corrected chi connectivity index (χ4v) is 3.89. The van der Waals surface area contributed by atoms with E-state index >= 15 is 0 Å². The van der Waals surface area contributed by atoms with Crippen LogP contribution in [0.4, 0.5) is 0 Å². The zero-order valence-corrected chi connectivity index (χ0v) is 10.6. The molecule has 16 heavy (non-hydrogen) atoms. The van der Waals surface area contributed by atoms with Crippen LogP contribution in [0.1, 0.15) is 18.9 Å². The molecule has 1 rings (SSSR count). The van der Waals surface area contributed by atoms with Crippen molar-refractivity contribution in [2.75, 3.05) is 0 Å². The molecule has 1 unspecified atom stereocenters. The number of thiophene rings is 1. The highest BCUT2D eigenvalue weighted by molar-refractivity contribution is 7.91. The van der Waals surface area contributed by atoms with Crippen molar-refractivity contribution in [2.45, 2.75) is 30.5 Å². The van der Waals surface area contributed by atoms with Gasteiger partial charge in [-0.25, -0.2) is 8.42 Å². The molecule has 0 saturated heterocycles. The Bertz CT molecular complexity index is 477. The van der Waals surface area contributed by atoms with Gasteiger partial charge >= 0.3 is 5.97 Å². The van der Waals surface area contributed by atoms with Gasteiger partial charge < -0.3 is 5.11 Å². The van der Waals surface area contributed by atoms with E-state index in [0.717, 1.165) is 11.3 Å². The Morgan fingerprint density at radius 3 is 2.62 bits per heavy atom. The zero-order chi connectivity index (χ0) is 12.3. The monoisotopic (exact) mass is 263 g/mol. The van der Waals surface area contributed by atoms with Crippen molar-refractivity contribution in [2.24, 2.45) is 0 Å². The highest BCUT2D eigenvalue weighted by Gasteiger charge is 2.25. The Kier molecular flexibility index (Phi) is 4.06. The molecule has 90 valence electrons. The van der Waals surface area contributed by atoms with E-state index in [1.807, 2.05) is 0 Å². The average molecular weight is 263 g/mol. The van der Waals surface area contributed by atoms with Crippen LogP contribution in [0.3, 0.4) is 0 Å². The normalized spacial score (nSPS) is 13.6. The maximum Gasteiger partial charge on any atom is 0.321 e. The molecule has 0 amide bonds. The quantitative estimate of drug-likeness (QED) is 0.836. The molecule has 1 atom stereocenters. The van der Waals surface area contributed by atoms with Gasteiger partial charge in [0.05, 0.1) is 0 Å². The van der Waals surface area contributed by atoms with Gasteiger partial charge in [-0.15, -0.1) is 11.3 Å². The number of aryl methyl sites for hydroxylation is 1. The van der Waals surface area contributed by atoms with Crippen LogP contribution in [0.15, 0.2) is 15.7 Å². The van der Waals surface area contributed by atoms with E-state index in [4.69, 9.17) is 5.11 Å². The summed E-state index contributed by atoms with van der Waals surface area (Å²) in [6.45, 7) is 3.29. The van der Waals surface area contributed by atoms with Crippen LogP contribution in [0.5, 0.6) is 0 Å². The lowest BCUT2D eigenvalue weighted by Gasteiger charge is -2.12. The van der Waals surface area contributed by atoms with Crippen molar-refractivity contribution in [1.82, 2.24) is 4.72 Å². The average Bonchev–Trinajstić information content (AvgIpc) is 2.61. The van der Waals surface area contributed by atoms with Gasteiger partial charge in [0.25, 0.3) is 10.0 Å². The third-order valence-corrected chi connectivity index (χ3v) is 5.22. The van der Waals surface area contributed by atoms with Crippen LogP contribution < -0.4 is 4.72 Å². The van der Waals surface area contributed by atoms with E-state index in [2.05, 4.69) is 4.72 Å². The highest BCUT2D eigenvalue weighted by Crippen LogP contribution is 2.21. The van der Waals surface area contributed by atoms with E-state index in [1.54, 1.807) is 25.3 Å². The highest BCUT2D eigenvalue weighted by atomic mass is 32.2. The summed E-state index contributed by atoms with van der Waals surface area (Å²) in [5, 5.41) is 10.4. The summed E-state index contributed by atoms with van der Waals surface area (Å²) < 4.78 is 26.0. The molecule has 0 spiro atoms. The largest absolute Gasteiger partial charge is 0.480 e. The number of aliphatic carboxylic acids is 1. The summed E-state index contributed by atoms with van der Waals surface area (Å²) in [6, 6.07) is 0.604. The Labute approximate surface area is 98.2 Å². The number of hydrogen-bond donors (Lipinski definition) is 2. The predicted molar refractivity (Wildman–Crippen MR) is 61.1 cm³/mol. The number of rotatable bonds is 5. The Morgan fingerprint density at radius 2 is 2.25 bits per heavy atom. The van der Waals surface area contributed by atoms with Crippen LogP contribution in [0, 0.1) is 6.92 Å². The molecule has 0 aromatic carbocycles. The van der Waals surface area contributed by atoms with E-state index in [0.29, 0.717) is 5.56 Å². The smallest absolute Gasteiger partial charge is 0.321 e. The SMILES string of the molecule is CCC(NS(=O)(=O)c1sccc1C)C(=O)O. The second kappa shape index (κ2) is 4.94. The standard InChI is InChI=1S/C9H13NO4S2/c1-3-7(8(11)12)10-16(13,14)9-6(2)4-5-15-9/h4-5,7,10H,3H2,1-2H3,(H,11,12). The van der Waals surface area contributed by atoms with E-state index < -0.39 is 22.0 Å². The number of carbonyl (C=O) groups is 1. The van der Waals surface area contributed by atoms with Crippen LogP contribution >= 0.6 is 11.3 Å². The van der Waals surface area contributed by atoms with Gasteiger partial charge in [-0.2, -0.15) is 4.72 Å². The summed E-state index contributed by atoms with van der Waals surface area (Å²) in [4.78, 5) is 10.7. The van der Waals surface area contributed by atoms with Gasteiger partial charge in [-0.3, -0.25) is 4.79 Å². The van der Waals surface area contributed by atoms with Gasteiger partial charge in [0.1, 0.15) is 10.3 Å². The first-order valence-electron chi connectivity index (χ1n) is 4.67. The maximum absolute atomic E-state index is 11.8. The second-order valence-electron chi connectivity index (χ2n) is 3.31. The first-order valence-corrected chi connectivity index (χ1v) is 7.04. The number of nitrogens with one attached hydrogen (secondary N) is 1. The number of carboxylic acids is 1. The molecule has 0 saturated carbocycles. The van der Waals surface area contributed by atoms with E-state index in [-0.39, 0.29) is 10.6 Å². The summed E-state index contributed by atoms with van der Waals surface area (Å²) in [5.74, 6) is -1.17. The first kappa shape index (κ1) is 13.1. The molecule has 0 aliphatic heterocycles. The fraction of sp³-hybridized carbons (Fsp3) is 0.444. The molecule has 1 aromatic heterocycles. The molecule has 2 N–H and O–H groups in total. The van der Waals surface area contributed by atoms with Gasteiger partial charge in [-0.1, -0.05) is 6.92 Å². The minimum Gasteiger partial charge on any atom is -0.480 e. The maximum atomic E-state index is 11.8. The third-order valence-electron chi connectivity index (χ3n) is 2.06. The van der Waals surface area contributed by atoms with E-state index in [1.165, 1.54) is 0 Å². The van der Waals surface area contributed by atoms with Crippen LogP contribution in [-0.4, -0.2) is 25.5 Å². The van der Waals surface area contributed by atoms with Crippen LogP contribution in [-0.2, 0) is 14.8 Å². The van der Waals surface area contributed by atoms with Gasteiger partial charge in [0.2, 0.25) is 0 Å². The lowest BCUT2D eigenvalue weighted by Crippen LogP contribution is -2.40. The lowest BCUT2D eigenvalue weighted by atomic mass is 10.2. The van der Waals surface area contributed by atoms with Gasteiger partial charge in [0.15, 0.2) is 0 Å². The molecule has 5 nitrogen and oxygen atoms in total. The van der Waals surface area contributed by atoms with Crippen molar-refractivity contribution < 1.29 is 18.3 Å². The zero-order valence-electron chi connectivity index (χ0n) is 8.93. The number of carboxylic acid groups (broad SMARTS) is 1. The predicted octanol–water partition coefficient (Wildman–Crippen LogP) is 1.20. The van der Waals surface area contributed by atoms with Crippen LogP contribution in [0.2, 0.25) is 0 Å². The Hall–Kier alpha value is -0.920. The first-order chi connectivity index (χ1) is 7.38. The summed E-state index contributed by atoms with van der Waals surface area (Å²) in [5.41, 5.74) is 0.623. The Balaban J connectivity index is 2.97. The van der Waals surface area contributed by atoms with Crippen molar-refractivity contribution in [3.05, 3.63) is 17.0 Å². The molecule has 0 aliphatic rings. The molecular weight excluding hydrogens is 250 g/mol. The molecule has 1 aromatic rings. The fourth-order valence-electron chi connectivity index (χ4n) is 1.18.